The van der Waals surface area contributed by atoms with Crippen molar-refractivity contribution in [2.45, 2.75) is 6.92 Å². The second kappa shape index (κ2) is 4.16. The van der Waals surface area contributed by atoms with Crippen molar-refractivity contribution in [3.8, 4) is 11.3 Å². The van der Waals surface area contributed by atoms with Gasteiger partial charge in [-0.15, -0.1) is 0 Å². The standard InChI is InChI=1S/C13H10N4O2/c1-8-6-15-17-11(13(18)19)5-10(16-12(8)17)9-3-2-4-14-7-9/h2-7H,1H3,(H,18,19). The predicted octanol–water partition coefficient (Wildman–Crippen LogP) is 1.80. The quantitative estimate of drug-likeness (QED) is 0.754. The number of hydrogen-bond donors (Lipinski definition) is 1. The van der Waals surface area contributed by atoms with Crippen LogP contribution in [-0.2, 0) is 0 Å². The van der Waals surface area contributed by atoms with E-state index in [-0.39, 0.29) is 5.69 Å². The molecule has 0 saturated heterocycles. The van der Waals surface area contributed by atoms with Crippen LogP contribution in [-0.4, -0.2) is 30.7 Å². The fraction of sp³-hybridized carbons (Fsp3) is 0.0769. The number of aromatic carboxylic acids is 1. The molecule has 94 valence electrons. The zero-order valence-corrected chi connectivity index (χ0v) is 10.1. The van der Waals surface area contributed by atoms with Gasteiger partial charge in [-0.1, -0.05) is 0 Å². The second-order valence-electron chi connectivity index (χ2n) is 4.14. The molecule has 3 heterocycles. The van der Waals surface area contributed by atoms with Gasteiger partial charge < -0.3 is 5.11 Å². The summed E-state index contributed by atoms with van der Waals surface area (Å²) in [6.07, 6.45) is 4.90. The van der Waals surface area contributed by atoms with Gasteiger partial charge in [-0.2, -0.15) is 5.10 Å². The van der Waals surface area contributed by atoms with Crippen LogP contribution in [0.25, 0.3) is 16.9 Å². The normalized spacial score (nSPS) is 10.8. The van der Waals surface area contributed by atoms with Crippen LogP contribution in [0.5, 0.6) is 0 Å². The van der Waals surface area contributed by atoms with Crippen LogP contribution in [0.15, 0.2) is 36.8 Å². The average Bonchev–Trinajstić information content (AvgIpc) is 2.80. The lowest BCUT2D eigenvalue weighted by molar-refractivity contribution is 0.0687. The van der Waals surface area contributed by atoms with Crippen LogP contribution in [0.1, 0.15) is 16.1 Å². The van der Waals surface area contributed by atoms with E-state index in [4.69, 9.17) is 0 Å². The van der Waals surface area contributed by atoms with E-state index in [1.165, 1.54) is 10.6 Å². The highest BCUT2D eigenvalue weighted by molar-refractivity contribution is 5.88. The lowest BCUT2D eigenvalue weighted by Crippen LogP contribution is -2.08. The van der Waals surface area contributed by atoms with Gasteiger partial charge in [0.1, 0.15) is 0 Å². The minimum atomic E-state index is -1.04. The molecule has 3 aromatic rings. The first-order valence-corrected chi connectivity index (χ1v) is 5.66. The number of aryl methyl sites for hydroxylation is 1. The lowest BCUT2D eigenvalue weighted by atomic mass is 10.2. The highest BCUT2D eigenvalue weighted by Gasteiger charge is 2.15. The van der Waals surface area contributed by atoms with Gasteiger partial charge in [0.2, 0.25) is 0 Å². The minimum Gasteiger partial charge on any atom is -0.477 e. The topological polar surface area (TPSA) is 80.4 Å². The van der Waals surface area contributed by atoms with E-state index >= 15 is 0 Å². The minimum absolute atomic E-state index is 0.0805. The van der Waals surface area contributed by atoms with Crippen molar-refractivity contribution in [2.75, 3.05) is 0 Å². The van der Waals surface area contributed by atoms with Gasteiger partial charge in [0.25, 0.3) is 0 Å². The highest BCUT2D eigenvalue weighted by atomic mass is 16.4. The molecule has 0 aliphatic carbocycles. The molecule has 0 aliphatic rings. The number of carboxylic acids is 1. The van der Waals surface area contributed by atoms with Gasteiger partial charge in [0.05, 0.1) is 11.9 Å². The Morgan fingerprint density at radius 2 is 2.21 bits per heavy atom. The molecule has 0 amide bonds. The molecular formula is C13H10N4O2. The van der Waals surface area contributed by atoms with Crippen LogP contribution >= 0.6 is 0 Å². The first-order chi connectivity index (χ1) is 9.16. The summed E-state index contributed by atoms with van der Waals surface area (Å²) in [7, 11) is 0. The van der Waals surface area contributed by atoms with Gasteiger partial charge in [-0.25, -0.2) is 14.3 Å². The summed E-state index contributed by atoms with van der Waals surface area (Å²) in [5, 5.41) is 13.3. The zero-order chi connectivity index (χ0) is 13.4. The van der Waals surface area contributed by atoms with E-state index in [0.29, 0.717) is 11.3 Å². The Balaban J connectivity index is 2.33. The Morgan fingerprint density at radius 1 is 1.37 bits per heavy atom. The average molecular weight is 254 g/mol. The molecule has 19 heavy (non-hydrogen) atoms. The Bertz CT molecular complexity index is 765. The summed E-state index contributed by atoms with van der Waals surface area (Å²) in [5.74, 6) is -1.04. The van der Waals surface area contributed by atoms with Crippen LogP contribution in [0.2, 0.25) is 0 Å². The third-order valence-electron chi connectivity index (χ3n) is 2.82. The molecule has 1 N–H and O–H groups in total. The van der Waals surface area contributed by atoms with E-state index in [1.807, 2.05) is 13.0 Å². The molecule has 3 aromatic heterocycles. The summed E-state index contributed by atoms with van der Waals surface area (Å²) in [4.78, 5) is 19.8. The first-order valence-electron chi connectivity index (χ1n) is 5.66. The van der Waals surface area contributed by atoms with Crippen LogP contribution < -0.4 is 0 Å². The molecule has 3 rings (SSSR count). The molecule has 0 fully saturated rings. The fourth-order valence-corrected chi connectivity index (χ4v) is 1.89. The molecule has 0 saturated carbocycles. The summed E-state index contributed by atoms with van der Waals surface area (Å²) in [5.41, 5.74) is 2.79. The van der Waals surface area contributed by atoms with Crippen LogP contribution in [0.3, 0.4) is 0 Å². The van der Waals surface area contributed by atoms with Crippen molar-refractivity contribution in [3.05, 3.63) is 48.0 Å². The Morgan fingerprint density at radius 3 is 2.89 bits per heavy atom. The van der Waals surface area contributed by atoms with E-state index < -0.39 is 5.97 Å². The number of nitrogens with zero attached hydrogens (tertiary/aromatic N) is 4. The molecule has 0 aromatic carbocycles. The van der Waals surface area contributed by atoms with Crippen molar-refractivity contribution in [1.82, 2.24) is 19.6 Å². The largest absolute Gasteiger partial charge is 0.477 e. The maximum absolute atomic E-state index is 11.3. The van der Waals surface area contributed by atoms with Crippen LogP contribution in [0.4, 0.5) is 0 Å². The van der Waals surface area contributed by atoms with Crippen molar-refractivity contribution in [2.24, 2.45) is 0 Å². The van der Waals surface area contributed by atoms with E-state index in [2.05, 4.69) is 15.1 Å². The number of hydrogen-bond acceptors (Lipinski definition) is 4. The SMILES string of the molecule is Cc1cnn2c(C(=O)O)cc(-c3cccnc3)nc12. The molecule has 0 unspecified atom stereocenters. The molecule has 0 bridgehead atoms. The summed E-state index contributed by atoms with van der Waals surface area (Å²) in [6, 6.07) is 5.12. The number of fused-ring (bicyclic) bond motifs is 1. The second-order valence-corrected chi connectivity index (χ2v) is 4.14. The summed E-state index contributed by atoms with van der Waals surface area (Å²) < 4.78 is 1.33. The summed E-state index contributed by atoms with van der Waals surface area (Å²) >= 11 is 0. The van der Waals surface area contributed by atoms with Gasteiger partial charge >= 0.3 is 5.97 Å². The number of carboxylic acid groups (broad SMARTS) is 1. The van der Waals surface area contributed by atoms with Gasteiger partial charge in [-0.3, -0.25) is 4.98 Å². The smallest absolute Gasteiger partial charge is 0.354 e. The molecule has 0 spiro atoms. The van der Waals surface area contributed by atoms with Crippen LogP contribution in [0, 0.1) is 6.92 Å². The molecule has 0 aliphatic heterocycles. The molecule has 0 radical (unpaired) electrons. The third kappa shape index (κ3) is 1.83. The number of aromatic nitrogens is 4. The Hall–Kier alpha value is -2.76. The Labute approximate surface area is 108 Å². The van der Waals surface area contributed by atoms with Crippen molar-refractivity contribution >= 4 is 11.6 Å². The third-order valence-corrected chi connectivity index (χ3v) is 2.82. The molecule has 0 atom stereocenters. The van der Waals surface area contributed by atoms with Gasteiger partial charge in [0.15, 0.2) is 11.3 Å². The predicted molar refractivity (Wildman–Crippen MR) is 67.9 cm³/mol. The summed E-state index contributed by atoms with van der Waals surface area (Å²) in [6.45, 7) is 1.84. The zero-order valence-electron chi connectivity index (χ0n) is 10.1. The number of rotatable bonds is 2. The van der Waals surface area contributed by atoms with Crippen molar-refractivity contribution in [1.29, 1.82) is 0 Å². The molecular weight excluding hydrogens is 244 g/mol. The van der Waals surface area contributed by atoms with E-state index in [9.17, 15) is 9.90 Å². The molecule has 6 heteroatoms. The monoisotopic (exact) mass is 254 g/mol. The van der Waals surface area contributed by atoms with Gasteiger partial charge in [-0.05, 0) is 25.1 Å². The van der Waals surface area contributed by atoms with Gasteiger partial charge in [0, 0.05) is 23.5 Å². The van der Waals surface area contributed by atoms with Crippen molar-refractivity contribution < 1.29 is 9.90 Å². The van der Waals surface area contributed by atoms with E-state index in [0.717, 1.165) is 11.1 Å². The van der Waals surface area contributed by atoms with E-state index in [1.54, 1.807) is 24.7 Å². The molecule has 6 nitrogen and oxygen atoms in total. The fourth-order valence-electron chi connectivity index (χ4n) is 1.89. The number of pyridine rings is 1. The lowest BCUT2D eigenvalue weighted by Gasteiger charge is -2.05. The Kier molecular flexibility index (Phi) is 2.49. The maximum Gasteiger partial charge on any atom is 0.354 e. The maximum atomic E-state index is 11.3. The van der Waals surface area contributed by atoms with Crippen molar-refractivity contribution in [3.63, 3.8) is 0 Å². The first kappa shape index (κ1) is 11.3. The number of carbonyl (C=O) groups is 1. The highest BCUT2D eigenvalue weighted by Crippen LogP contribution is 2.20.